The molecular formula is C17H21ClN4O2. The number of hydrogen-bond donors (Lipinski definition) is 2. The number of benzene rings is 1. The second kappa shape index (κ2) is 8.98. The minimum absolute atomic E-state index is 0.132. The van der Waals surface area contributed by atoms with Crippen molar-refractivity contribution in [1.29, 1.82) is 0 Å². The molecule has 1 aromatic carbocycles. The maximum atomic E-state index is 11.9. The highest BCUT2D eigenvalue weighted by atomic mass is 35.5. The van der Waals surface area contributed by atoms with Crippen LogP contribution in [-0.2, 0) is 17.9 Å². The highest BCUT2D eigenvalue weighted by Crippen LogP contribution is 2.12. The lowest BCUT2D eigenvalue weighted by molar-refractivity contribution is -0.120. The van der Waals surface area contributed by atoms with Crippen LogP contribution in [0.4, 0.5) is 0 Å². The third kappa shape index (κ3) is 5.62. The van der Waals surface area contributed by atoms with Crippen LogP contribution in [0.3, 0.4) is 0 Å². The number of guanidine groups is 1. The second-order valence-electron chi connectivity index (χ2n) is 5.24. The van der Waals surface area contributed by atoms with E-state index in [9.17, 15) is 4.79 Å². The largest absolute Gasteiger partial charge is 0.467 e. The maximum Gasteiger partial charge on any atom is 0.239 e. The van der Waals surface area contributed by atoms with Crippen LogP contribution in [0.25, 0.3) is 0 Å². The molecule has 24 heavy (non-hydrogen) atoms. The molecule has 1 heterocycles. The van der Waals surface area contributed by atoms with Gasteiger partial charge in [-0.15, -0.1) is 0 Å². The monoisotopic (exact) mass is 348 g/mol. The Morgan fingerprint density at radius 3 is 2.79 bits per heavy atom. The van der Waals surface area contributed by atoms with Crippen molar-refractivity contribution in [3.63, 3.8) is 0 Å². The predicted molar refractivity (Wildman–Crippen MR) is 94.8 cm³/mol. The topological polar surface area (TPSA) is 69.9 Å². The molecule has 0 saturated carbocycles. The molecule has 7 heteroatoms. The van der Waals surface area contributed by atoms with Crippen molar-refractivity contribution >= 4 is 23.5 Å². The first-order chi connectivity index (χ1) is 11.6. The average molecular weight is 349 g/mol. The molecule has 2 rings (SSSR count). The quantitative estimate of drug-likeness (QED) is 0.620. The molecule has 0 spiro atoms. The van der Waals surface area contributed by atoms with E-state index < -0.39 is 0 Å². The third-order valence-corrected chi connectivity index (χ3v) is 3.56. The van der Waals surface area contributed by atoms with E-state index in [1.165, 1.54) is 0 Å². The summed E-state index contributed by atoms with van der Waals surface area (Å²) in [7, 11) is 3.58. The first-order valence-electron chi connectivity index (χ1n) is 7.54. The Kier molecular flexibility index (Phi) is 6.69. The van der Waals surface area contributed by atoms with Crippen LogP contribution in [0, 0.1) is 0 Å². The van der Waals surface area contributed by atoms with Crippen LogP contribution in [-0.4, -0.2) is 37.4 Å². The van der Waals surface area contributed by atoms with Gasteiger partial charge < -0.3 is 20.0 Å². The number of furan rings is 1. The Bertz CT molecular complexity index is 686. The molecule has 0 fully saturated rings. The van der Waals surface area contributed by atoms with Crippen molar-refractivity contribution in [2.24, 2.45) is 4.99 Å². The lowest BCUT2D eigenvalue weighted by Crippen LogP contribution is -2.43. The van der Waals surface area contributed by atoms with Crippen LogP contribution >= 0.6 is 11.6 Å². The Labute approximate surface area is 146 Å². The number of nitrogens with one attached hydrogen (secondary N) is 2. The average Bonchev–Trinajstić information content (AvgIpc) is 3.07. The van der Waals surface area contributed by atoms with E-state index in [0.717, 1.165) is 5.56 Å². The Hall–Kier alpha value is -2.47. The van der Waals surface area contributed by atoms with Gasteiger partial charge in [-0.05, 0) is 29.8 Å². The minimum atomic E-state index is -0.135. The summed E-state index contributed by atoms with van der Waals surface area (Å²) in [6.45, 7) is 1.13. The van der Waals surface area contributed by atoms with Crippen molar-refractivity contribution < 1.29 is 9.21 Å². The Morgan fingerprint density at radius 2 is 2.12 bits per heavy atom. The summed E-state index contributed by atoms with van der Waals surface area (Å²) >= 11 is 6.00. The lowest BCUT2D eigenvalue weighted by Gasteiger charge is -2.22. The molecule has 1 amide bonds. The van der Waals surface area contributed by atoms with Crippen molar-refractivity contribution in [3.8, 4) is 0 Å². The zero-order valence-corrected chi connectivity index (χ0v) is 14.5. The molecule has 0 atom stereocenters. The number of nitrogens with zero attached hydrogens (tertiary/aromatic N) is 2. The molecule has 2 N–H and O–H groups in total. The van der Waals surface area contributed by atoms with Crippen LogP contribution in [0.1, 0.15) is 11.3 Å². The predicted octanol–water partition coefficient (Wildman–Crippen LogP) is 2.26. The number of rotatable bonds is 6. The second-order valence-corrected chi connectivity index (χ2v) is 5.68. The van der Waals surface area contributed by atoms with Gasteiger partial charge in [-0.1, -0.05) is 23.7 Å². The molecule has 0 saturated heterocycles. The number of amides is 1. The molecule has 0 aliphatic heterocycles. The van der Waals surface area contributed by atoms with Gasteiger partial charge in [-0.25, -0.2) is 0 Å². The van der Waals surface area contributed by atoms with Crippen molar-refractivity contribution in [3.05, 3.63) is 59.0 Å². The fraction of sp³-hybridized carbons (Fsp3) is 0.294. The molecule has 0 bridgehead atoms. The van der Waals surface area contributed by atoms with Gasteiger partial charge in [-0.2, -0.15) is 0 Å². The molecule has 0 radical (unpaired) electrons. The van der Waals surface area contributed by atoms with Gasteiger partial charge in [-0.3, -0.25) is 9.79 Å². The Balaban J connectivity index is 1.79. The highest BCUT2D eigenvalue weighted by Gasteiger charge is 2.09. The van der Waals surface area contributed by atoms with Crippen LogP contribution in [0.5, 0.6) is 0 Å². The first-order valence-corrected chi connectivity index (χ1v) is 7.91. The fourth-order valence-corrected chi connectivity index (χ4v) is 2.40. The summed E-state index contributed by atoms with van der Waals surface area (Å²) in [5.74, 6) is 1.21. The van der Waals surface area contributed by atoms with Gasteiger partial charge >= 0.3 is 0 Å². The number of aliphatic imine (C=N–C) groups is 1. The Morgan fingerprint density at radius 1 is 1.29 bits per heavy atom. The highest BCUT2D eigenvalue weighted by molar-refractivity contribution is 6.30. The van der Waals surface area contributed by atoms with E-state index >= 15 is 0 Å². The normalized spacial score (nSPS) is 11.2. The summed E-state index contributed by atoms with van der Waals surface area (Å²) in [6.07, 6.45) is 1.58. The van der Waals surface area contributed by atoms with Crippen molar-refractivity contribution in [2.75, 3.05) is 20.6 Å². The number of carbonyl (C=O) groups excluding carboxylic acids is 1. The van der Waals surface area contributed by atoms with E-state index in [1.54, 1.807) is 19.4 Å². The molecule has 0 unspecified atom stereocenters. The van der Waals surface area contributed by atoms with Crippen LogP contribution in [0.2, 0.25) is 5.02 Å². The number of halogens is 1. The van der Waals surface area contributed by atoms with Gasteiger partial charge in [0.05, 0.1) is 19.4 Å². The zero-order chi connectivity index (χ0) is 17.4. The molecule has 128 valence electrons. The van der Waals surface area contributed by atoms with Gasteiger partial charge in [0.2, 0.25) is 5.91 Å². The molecular weight excluding hydrogens is 328 g/mol. The van der Waals surface area contributed by atoms with Crippen molar-refractivity contribution in [2.45, 2.75) is 13.1 Å². The van der Waals surface area contributed by atoms with E-state index in [2.05, 4.69) is 15.6 Å². The summed E-state index contributed by atoms with van der Waals surface area (Å²) in [6, 6.07) is 11.2. The third-order valence-electron chi connectivity index (χ3n) is 3.33. The molecule has 2 aromatic rings. The smallest absolute Gasteiger partial charge is 0.239 e. The van der Waals surface area contributed by atoms with Gasteiger partial charge in [0.15, 0.2) is 5.96 Å². The van der Waals surface area contributed by atoms with Gasteiger partial charge in [0.25, 0.3) is 0 Å². The van der Waals surface area contributed by atoms with Gasteiger partial charge in [0.1, 0.15) is 5.76 Å². The lowest BCUT2D eigenvalue weighted by atomic mass is 10.2. The van der Waals surface area contributed by atoms with Gasteiger partial charge in [0, 0.05) is 25.7 Å². The summed E-state index contributed by atoms with van der Waals surface area (Å²) in [5, 5.41) is 6.50. The summed E-state index contributed by atoms with van der Waals surface area (Å²) < 4.78 is 5.17. The van der Waals surface area contributed by atoms with E-state index in [0.29, 0.717) is 29.8 Å². The minimum Gasteiger partial charge on any atom is -0.467 e. The van der Waals surface area contributed by atoms with E-state index in [4.69, 9.17) is 16.0 Å². The fourth-order valence-electron chi connectivity index (χ4n) is 2.19. The zero-order valence-electron chi connectivity index (χ0n) is 13.8. The summed E-state index contributed by atoms with van der Waals surface area (Å²) in [5.41, 5.74) is 1.07. The molecule has 1 aromatic heterocycles. The molecule has 6 nitrogen and oxygen atoms in total. The van der Waals surface area contributed by atoms with E-state index in [-0.39, 0.29) is 12.5 Å². The molecule has 0 aliphatic rings. The number of hydrogen-bond acceptors (Lipinski definition) is 3. The number of carbonyl (C=O) groups is 1. The maximum absolute atomic E-state index is 11.9. The SMILES string of the molecule is CN=C(NCC(=O)NCc1ccco1)N(C)Cc1cccc(Cl)c1. The van der Waals surface area contributed by atoms with E-state index in [1.807, 2.05) is 42.3 Å². The molecule has 0 aliphatic carbocycles. The van der Waals surface area contributed by atoms with Crippen molar-refractivity contribution in [1.82, 2.24) is 15.5 Å². The standard InChI is InChI=1S/C17H21ClN4O2/c1-19-17(22(2)12-13-5-3-6-14(18)9-13)21-11-16(23)20-10-15-7-4-8-24-15/h3-9H,10-12H2,1-2H3,(H,19,21)(H,20,23). The first kappa shape index (κ1) is 17.9. The van der Waals surface area contributed by atoms with Crippen LogP contribution in [0.15, 0.2) is 52.1 Å². The summed E-state index contributed by atoms with van der Waals surface area (Å²) in [4.78, 5) is 18.0. The van der Waals surface area contributed by atoms with Crippen LogP contribution < -0.4 is 10.6 Å².